The molecule has 3 atom stereocenters. The summed E-state index contributed by atoms with van der Waals surface area (Å²) in [6.07, 6.45) is 0.104. The summed E-state index contributed by atoms with van der Waals surface area (Å²) in [5.41, 5.74) is -0.501. The van der Waals surface area contributed by atoms with Crippen molar-refractivity contribution in [2.45, 2.75) is 45.3 Å². The van der Waals surface area contributed by atoms with Crippen LogP contribution in [0.5, 0.6) is 5.75 Å². The van der Waals surface area contributed by atoms with Crippen LogP contribution >= 0.6 is 0 Å². The number of hydrogen-bond acceptors (Lipinski definition) is 5. The molecular formula is C22H24F2N2O5. The number of halogens is 2. The lowest BCUT2D eigenvalue weighted by atomic mass is 9.78. The number of aromatic nitrogens is 1. The summed E-state index contributed by atoms with van der Waals surface area (Å²) in [6.45, 7) is 6.72. The van der Waals surface area contributed by atoms with Crippen molar-refractivity contribution in [2.75, 3.05) is 7.11 Å². The predicted molar refractivity (Wildman–Crippen MR) is 106 cm³/mol. The summed E-state index contributed by atoms with van der Waals surface area (Å²) in [5, 5.41) is 9.87. The number of hydrogen-bond donors (Lipinski definition) is 1. The normalized spacial score (nSPS) is 23.1. The van der Waals surface area contributed by atoms with Crippen LogP contribution < -0.4 is 10.1 Å². The molecule has 3 rings (SSSR count). The number of ether oxygens (including phenoxy) is 2. The molecule has 1 N–H and O–H groups in total. The molecule has 0 saturated carbocycles. The van der Waals surface area contributed by atoms with Crippen LogP contribution in [0.1, 0.15) is 49.7 Å². The van der Waals surface area contributed by atoms with Crippen LogP contribution in [-0.2, 0) is 9.53 Å². The van der Waals surface area contributed by atoms with E-state index in [0.717, 1.165) is 6.07 Å². The van der Waals surface area contributed by atoms with E-state index in [-0.39, 0.29) is 22.7 Å². The Hall–Kier alpha value is -3.07. The van der Waals surface area contributed by atoms with Gasteiger partial charge in [0.2, 0.25) is 5.82 Å². The molecule has 1 aliphatic heterocycles. The minimum absolute atomic E-state index is 0.0473. The van der Waals surface area contributed by atoms with Crippen molar-refractivity contribution < 1.29 is 33.1 Å². The second-order valence-corrected chi connectivity index (χ2v) is 8.06. The second kappa shape index (κ2) is 8.22. The van der Waals surface area contributed by atoms with Gasteiger partial charge < -0.3 is 14.7 Å². The Morgan fingerprint density at radius 1 is 1.26 bits per heavy atom. The topological polar surface area (TPSA) is 90.1 Å². The van der Waals surface area contributed by atoms with Gasteiger partial charge in [0.15, 0.2) is 17.3 Å². The summed E-state index contributed by atoms with van der Waals surface area (Å²) in [4.78, 5) is 28.8. The van der Waals surface area contributed by atoms with Crippen molar-refractivity contribution in [2.24, 2.45) is 10.9 Å². The van der Waals surface area contributed by atoms with E-state index < -0.39 is 40.9 Å². The highest BCUT2D eigenvalue weighted by Gasteiger charge is 2.51. The number of Topliss-reactive ketones (excluding diaryl/α,β-unsaturated/α-hetero) is 1. The molecule has 2 aromatic rings. The fourth-order valence-electron chi connectivity index (χ4n) is 3.86. The molecule has 0 bridgehead atoms. The number of rotatable bonds is 4. The number of pyridine rings is 1. The first kappa shape index (κ1) is 22.6. The molecule has 1 aromatic heterocycles. The molecule has 166 valence electrons. The smallest absolute Gasteiger partial charge is 0.276 e. The molecular weight excluding hydrogens is 410 g/mol. The lowest BCUT2D eigenvalue weighted by Gasteiger charge is -2.25. The number of nitrogens with zero attached hydrogens (tertiary/aromatic N) is 2. The third kappa shape index (κ3) is 4.10. The average Bonchev–Trinajstić information content (AvgIpc) is 2.94. The van der Waals surface area contributed by atoms with Crippen LogP contribution in [0.15, 0.2) is 35.5 Å². The maximum absolute atomic E-state index is 14.4. The van der Waals surface area contributed by atoms with Gasteiger partial charge in [-0.05, 0) is 38.0 Å². The Kier molecular flexibility index (Phi) is 6.00. The minimum Gasteiger partial charge on any atom is -0.493 e. The van der Waals surface area contributed by atoms with E-state index in [4.69, 9.17) is 9.47 Å². The van der Waals surface area contributed by atoms with Crippen molar-refractivity contribution in [3.63, 3.8) is 0 Å². The highest BCUT2D eigenvalue weighted by atomic mass is 19.2. The minimum atomic E-state index is -1.14. The van der Waals surface area contributed by atoms with Crippen LogP contribution in [0, 0.1) is 17.6 Å². The van der Waals surface area contributed by atoms with Crippen LogP contribution in [-0.4, -0.2) is 40.4 Å². The van der Waals surface area contributed by atoms with Gasteiger partial charge in [0.25, 0.3) is 5.91 Å². The zero-order valence-corrected chi connectivity index (χ0v) is 17.8. The SMILES string of the molecule is COc1c([C@H]2[C@H](C(=O)N=c3ccn(O)c(C(C)=O)c3)OC(C)(C)[C@H]2C)ccc(F)c1F. The van der Waals surface area contributed by atoms with E-state index in [1.165, 1.54) is 38.4 Å². The number of amides is 1. The molecule has 2 heterocycles. The van der Waals surface area contributed by atoms with Crippen LogP contribution in [0.25, 0.3) is 0 Å². The highest BCUT2D eigenvalue weighted by Crippen LogP contribution is 2.49. The number of carbonyl (C=O) groups excluding carboxylic acids is 2. The third-order valence-corrected chi connectivity index (χ3v) is 5.80. The average molecular weight is 434 g/mol. The second-order valence-electron chi connectivity index (χ2n) is 8.06. The van der Waals surface area contributed by atoms with Gasteiger partial charge in [-0.2, -0.15) is 9.12 Å². The van der Waals surface area contributed by atoms with Crippen molar-refractivity contribution in [3.05, 3.63) is 58.7 Å². The maximum atomic E-state index is 14.4. The van der Waals surface area contributed by atoms with Gasteiger partial charge in [-0.25, -0.2) is 9.38 Å². The van der Waals surface area contributed by atoms with E-state index >= 15 is 0 Å². The van der Waals surface area contributed by atoms with E-state index in [2.05, 4.69) is 4.99 Å². The molecule has 7 nitrogen and oxygen atoms in total. The van der Waals surface area contributed by atoms with Crippen molar-refractivity contribution in [1.29, 1.82) is 0 Å². The standard InChI is InChI=1S/C22H24F2N2O5/c1-11-17(14-6-7-15(23)18(24)19(14)30-5)20(31-22(11,3)4)21(28)25-13-8-9-26(29)16(10-13)12(2)27/h6-11,17,20,29H,1-5H3/t11-,17-,20+/m0/s1. The van der Waals surface area contributed by atoms with Crippen molar-refractivity contribution in [1.82, 2.24) is 4.73 Å². The zero-order chi connectivity index (χ0) is 23.1. The maximum Gasteiger partial charge on any atom is 0.276 e. The van der Waals surface area contributed by atoms with Gasteiger partial charge in [0.1, 0.15) is 11.8 Å². The largest absolute Gasteiger partial charge is 0.493 e. The Morgan fingerprint density at radius 2 is 1.94 bits per heavy atom. The molecule has 1 fully saturated rings. The molecule has 1 aromatic carbocycles. The molecule has 1 aliphatic rings. The first-order chi connectivity index (χ1) is 14.5. The molecule has 1 amide bonds. The molecule has 0 aliphatic carbocycles. The zero-order valence-electron chi connectivity index (χ0n) is 17.8. The number of methoxy groups -OCH3 is 1. The Morgan fingerprint density at radius 3 is 2.55 bits per heavy atom. The van der Waals surface area contributed by atoms with Crippen molar-refractivity contribution in [3.8, 4) is 5.75 Å². The van der Waals surface area contributed by atoms with E-state index in [9.17, 15) is 23.6 Å². The lowest BCUT2D eigenvalue weighted by molar-refractivity contribution is -0.133. The van der Waals surface area contributed by atoms with E-state index in [0.29, 0.717) is 10.3 Å². The van der Waals surface area contributed by atoms with Gasteiger partial charge >= 0.3 is 0 Å². The number of ketones is 1. The Bertz CT molecular complexity index is 1110. The third-order valence-electron chi connectivity index (χ3n) is 5.80. The van der Waals surface area contributed by atoms with Gasteiger partial charge in [0, 0.05) is 24.6 Å². The number of benzene rings is 1. The molecule has 1 saturated heterocycles. The highest BCUT2D eigenvalue weighted by molar-refractivity contribution is 5.92. The van der Waals surface area contributed by atoms with Gasteiger partial charge in [-0.1, -0.05) is 13.0 Å². The summed E-state index contributed by atoms with van der Waals surface area (Å²) in [7, 11) is 1.23. The van der Waals surface area contributed by atoms with Gasteiger partial charge in [-0.3, -0.25) is 9.59 Å². The monoisotopic (exact) mass is 434 g/mol. The fourth-order valence-corrected chi connectivity index (χ4v) is 3.86. The number of carbonyl (C=O) groups is 2. The molecule has 31 heavy (non-hydrogen) atoms. The molecule has 0 radical (unpaired) electrons. The first-order valence-corrected chi connectivity index (χ1v) is 9.69. The molecule has 0 unspecified atom stereocenters. The van der Waals surface area contributed by atoms with E-state index in [1.807, 2.05) is 6.92 Å². The van der Waals surface area contributed by atoms with Gasteiger partial charge in [0.05, 0.1) is 18.1 Å². The quantitative estimate of drug-likeness (QED) is 0.589. The van der Waals surface area contributed by atoms with Crippen LogP contribution in [0.2, 0.25) is 0 Å². The molecule has 9 heteroatoms. The summed E-state index contributed by atoms with van der Waals surface area (Å²) in [6, 6.07) is 5.01. The van der Waals surface area contributed by atoms with E-state index in [1.54, 1.807) is 13.8 Å². The van der Waals surface area contributed by atoms with Crippen molar-refractivity contribution >= 4 is 11.7 Å². The first-order valence-electron chi connectivity index (χ1n) is 9.69. The van der Waals surface area contributed by atoms with Crippen LogP contribution in [0.4, 0.5) is 8.78 Å². The van der Waals surface area contributed by atoms with Gasteiger partial charge in [-0.15, -0.1) is 0 Å². The molecule has 0 spiro atoms. The summed E-state index contributed by atoms with van der Waals surface area (Å²) in [5.74, 6) is -4.47. The lowest BCUT2D eigenvalue weighted by Crippen LogP contribution is -2.28. The predicted octanol–water partition coefficient (Wildman–Crippen LogP) is 3.24. The Labute approximate surface area is 177 Å². The Balaban J connectivity index is 2.09. The fraction of sp³-hybridized carbons (Fsp3) is 0.409. The van der Waals surface area contributed by atoms with Crippen LogP contribution in [0.3, 0.4) is 0 Å². The summed E-state index contributed by atoms with van der Waals surface area (Å²) >= 11 is 0. The summed E-state index contributed by atoms with van der Waals surface area (Å²) < 4.78 is 39.8.